The van der Waals surface area contributed by atoms with Crippen molar-refractivity contribution in [3.05, 3.63) is 70.8 Å². The fourth-order valence-corrected chi connectivity index (χ4v) is 4.03. The van der Waals surface area contributed by atoms with Gasteiger partial charge >= 0.3 is 0 Å². The van der Waals surface area contributed by atoms with E-state index in [1.165, 1.54) is 0 Å². The lowest BCUT2D eigenvalue weighted by atomic mass is 9.85. The molecule has 0 bridgehead atoms. The second-order valence-electron chi connectivity index (χ2n) is 10.2. The van der Waals surface area contributed by atoms with Gasteiger partial charge in [-0.25, -0.2) is 0 Å². The number of Topliss-reactive ketones (excluding diaryl/α,β-unsaturated/α-hetero) is 1. The van der Waals surface area contributed by atoms with Gasteiger partial charge in [-0.15, -0.1) is 0 Å². The molecular formula is C28H36N2O4. The lowest BCUT2D eigenvalue weighted by Gasteiger charge is -2.28. The fraction of sp³-hybridized carbons (Fsp3) is 0.429. The maximum Gasteiger partial charge on any atom is 0.295 e. The van der Waals surface area contributed by atoms with Crippen LogP contribution in [0.4, 0.5) is 0 Å². The Kier molecular flexibility index (Phi) is 7.82. The minimum absolute atomic E-state index is 0.0180. The molecule has 3 rings (SSSR count). The SMILES string of the molecule is CCCOc1ccc(C([O-])=C2C(=O)C(=O)N(CC[NH+](C)C)C2c2ccc(C(C)(C)C)cc2)cc1. The maximum absolute atomic E-state index is 13.5. The lowest BCUT2D eigenvalue weighted by Crippen LogP contribution is -3.06. The van der Waals surface area contributed by atoms with E-state index in [9.17, 15) is 14.7 Å². The summed E-state index contributed by atoms with van der Waals surface area (Å²) in [6.45, 7) is 10.1. The summed E-state index contributed by atoms with van der Waals surface area (Å²) in [5.41, 5.74) is 2.28. The van der Waals surface area contributed by atoms with Crippen molar-refractivity contribution < 1.29 is 24.3 Å². The van der Waals surface area contributed by atoms with Gasteiger partial charge in [-0.3, -0.25) is 9.59 Å². The predicted molar refractivity (Wildman–Crippen MR) is 131 cm³/mol. The van der Waals surface area contributed by atoms with Crippen molar-refractivity contribution in [1.29, 1.82) is 0 Å². The number of nitrogens with zero attached hydrogens (tertiary/aromatic N) is 1. The minimum atomic E-state index is -0.713. The quantitative estimate of drug-likeness (QED) is 0.369. The van der Waals surface area contributed by atoms with Crippen molar-refractivity contribution in [2.45, 2.75) is 45.6 Å². The molecule has 2 aromatic carbocycles. The number of likely N-dealkylation sites (N-methyl/N-ethyl adjacent to an activating group) is 1. The number of ether oxygens (including phenoxy) is 1. The van der Waals surface area contributed by atoms with Crippen molar-refractivity contribution in [2.75, 3.05) is 33.8 Å². The van der Waals surface area contributed by atoms with Crippen molar-refractivity contribution in [2.24, 2.45) is 0 Å². The van der Waals surface area contributed by atoms with Crippen molar-refractivity contribution in [3.63, 3.8) is 0 Å². The van der Waals surface area contributed by atoms with Crippen LogP contribution >= 0.6 is 0 Å². The van der Waals surface area contributed by atoms with Crippen LogP contribution in [-0.2, 0) is 15.0 Å². The molecule has 6 heteroatoms. The van der Waals surface area contributed by atoms with Crippen LogP contribution in [0, 0.1) is 0 Å². The molecule has 2 aromatic rings. The first-order valence-electron chi connectivity index (χ1n) is 11.9. The third-order valence-electron chi connectivity index (χ3n) is 6.06. The maximum atomic E-state index is 13.5. The number of amides is 1. The third kappa shape index (κ3) is 5.50. The molecule has 6 nitrogen and oxygen atoms in total. The summed E-state index contributed by atoms with van der Waals surface area (Å²) in [6.07, 6.45) is 0.884. The Balaban J connectivity index is 2.06. The van der Waals surface area contributed by atoms with Crippen LogP contribution in [0.5, 0.6) is 5.75 Å². The molecule has 1 fully saturated rings. The molecule has 0 spiro atoms. The number of likely N-dealkylation sites (tertiary alicyclic amines) is 1. The van der Waals surface area contributed by atoms with E-state index in [0.29, 0.717) is 31.0 Å². The van der Waals surface area contributed by atoms with E-state index in [1.807, 2.05) is 45.3 Å². The fourth-order valence-electron chi connectivity index (χ4n) is 4.03. The van der Waals surface area contributed by atoms with Crippen molar-refractivity contribution >= 4 is 17.4 Å². The van der Waals surface area contributed by atoms with E-state index >= 15 is 0 Å². The topological polar surface area (TPSA) is 74.1 Å². The van der Waals surface area contributed by atoms with Gasteiger partial charge in [0.25, 0.3) is 5.91 Å². The average Bonchev–Trinajstić information content (AvgIpc) is 3.05. The summed E-state index contributed by atoms with van der Waals surface area (Å²) in [4.78, 5) is 28.8. The molecule has 1 aliphatic heterocycles. The first-order chi connectivity index (χ1) is 16.0. The summed E-state index contributed by atoms with van der Waals surface area (Å²) in [7, 11) is 3.99. The number of nitrogens with one attached hydrogen (secondary N) is 1. The largest absolute Gasteiger partial charge is 0.872 e. The first-order valence-corrected chi connectivity index (χ1v) is 11.9. The molecule has 1 unspecified atom stereocenters. The number of hydrogen-bond acceptors (Lipinski definition) is 4. The molecule has 0 saturated carbocycles. The third-order valence-corrected chi connectivity index (χ3v) is 6.06. The standard InChI is InChI=1S/C28H36N2O4/c1-7-18-34-22-14-10-20(11-15-22)25(31)23-24(19-8-12-21(13-9-19)28(2,3)4)30(17-16-29(5)6)27(33)26(23)32/h8-15,24,31H,7,16-18H2,1-6H3. The number of hydrogen-bond donors (Lipinski definition) is 1. The molecular weight excluding hydrogens is 428 g/mol. The zero-order valence-electron chi connectivity index (χ0n) is 21.1. The average molecular weight is 465 g/mol. The molecule has 0 aliphatic carbocycles. The van der Waals surface area contributed by atoms with Gasteiger partial charge in [0.15, 0.2) is 0 Å². The van der Waals surface area contributed by atoms with Gasteiger partial charge in [0.1, 0.15) is 5.75 Å². The van der Waals surface area contributed by atoms with Gasteiger partial charge in [0, 0.05) is 5.57 Å². The highest BCUT2D eigenvalue weighted by atomic mass is 16.5. The molecule has 34 heavy (non-hydrogen) atoms. The Bertz CT molecular complexity index is 1050. The molecule has 1 atom stereocenters. The van der Waals surface area contributed by atoms with Crippen molar-refractivity contribution in [1.82, 2.24) is 4.90 Å². The monoisotopic (exact) mass is 464 g/mol. The summed E-state index contributed by atoms with van der Waals surface area (Å²) >= 11 is 0. The summed E-state index contributed by atoms with van der Waals surface area (Å²) in [6, 6.07) is 14.0. The zero-order valence-corrected chi connectivity index (χ0v) is 21.1. The normalized spacial score (nSPS) is 18.1. The lowest BCUT2D eigenvalue weighted by molar-refractivity contribution is -0.857. The summed E-state index contributed by atoms with van der Waals surface area (Å²) < 4.78 is 5.60. The number of carbonyl (C=O) groups excluding carboxylic acids is 2. The Labute approximate surface area is 202 Å². The Morgan fingerprint density at radius 1 is 1.03 bits per heavy atom. The minimum Gasteiger partial charge on any atom is -0.872 e. The van der Waals surface area contributed by atoms with E-state index in [2.05, 4.69) is 20.8 Å². The van der Waals surface area contributed by atoms with Crippen molar-refractivity contribution in [3.8, 4) is 5.75 Å². The highest BCUT2D eigenvalue weighted by molar-refractivity contribution is 6.46. The van der Waals surface area contributed by atoms with Crippen LogP contribution in [0.3, 0.4) is 0 Å². The number of benzene rings is 2. The van der Waals surface area contributed by atoms with Gasteiger partial charge in [-0.1, -0.05) is 69.9 Å². The van der Waals surface area contributed by atoms with Crippen LogP contribution in [-0.4, -0.2) is 50.4 Å². The highest BCUT2D eigenvalue weighted by Gasteiger charge is 2.44. The zero-order chi connectivity index (χ0) is 25.0. The van der Waals surface area contributed by atoms with Gasteiger partial charge in [-0.2, -0.15) is 0 Å². The molecule has 0 radical (unpaired) electrons. The molecule has 1 amide bonds. The Morgan fingerprint density at radius 2 is 1.65 bits per heavy atom. The van der Waals surface area contributed by atoms with Crippen LogP contribution < -0.4 is 14.7 Å². The molecule has 0 aromatic heterocycles. The molecule has 1 heterocycles. The number of carbonyl (C=O) groups is 2. The van der Waals surface area contributed by atoms with Gasteiger partial charge in [0.05, 0.1) is 39.8 Å². The van der Waals surface area contributed by atoms with E-state index < -0.39 is 23.5 Å². The number of quaternary nitrogens is 1. The second-order valence-corrected chi connectivity index (χ2v) is 10.2. The van der Waals surface area contributed by atoms with Crippen LogP contribution in [0.1, 0.15) is 56.8 Å². The molecule has 1 N–H and O–H groups in total. The van der Waals surface area contributed by atoms with E-state index in [4.69, 9.17) is 4.74 Å². The number of rotatable bonds is 8. The van der Waals surface area contributed by atoms with Gasteiger partial charge < -0.3 is 19.6 Å². The Morgan fingerprint density at radius 3 is 2.18 bits per heavy atom. The van der Waals surface area contributed by atoms with E-state index in [0.717, 1.165) is 22.4 Å². The van der Waals surface area contributed by atoms with Gasteiger partial charge in [0.2, 0.25) is 5.78 Å². The highest BCUT2D eigenvalue weighted by Crippen LogP contribution is 2.39. The second kappa shape index (κ2) is 10.4. The molecule has 1 aliphatic rings. The number of ketones is 1. The van der Waals surface area contributed by atoms with Gasteiger partial charge in [-0.05, 0) is 40.7 Å². The van der Waals surface area contributed by atoms with E-state index in [1.54, 1.807) is 29.2 Å². The Hall–Kier alpha value is -3.12. The molecule has 1 saturated heterocycles. The van der Waals surface area contributed by atoms with Crippen LogP contribution in [0.2, 0.25) is 0 Å². The molecule has 182 valence electrons. The summed E-state index contributed by atoms with van der Waals surface area (Å²) in [5, 5.41) is 13.5. The van der Waals surface area contributed by atoms with E-state index in [-0.39, 0.29) is 11.0 Å². The smallest absolute Gasteiger partial charge is 0.295 e. The van der Waals surface area contributed by atoms with Crippen LogP contribution in [0.15, 0.2) is 54.1 Å². The summed E-state index contributed by atoms with van der Waals surface area (Å²) in [5.74, 6) is -1.07. The first kappa shape index (κ1) is 25.5. The van der Waals surface area contributed by atoms with Crippen LogP contribution in [0.25, 0.3) is 5.76 Å². The predicted octanol–water partition coefficient (Wildman–Crippen LogP) is 2.14.